The molecule has 0 radical (unpaired) electrons. The van der Waals surface area contributed by atoms with Gasteiger partial charge in [-0.1, -0.05) is 74.0 Å². The molecule has 0 aliphatic carbocycles. The zero-order valence-electron chi connectivity index (χ0n) is 23.8. The van der Waals surface area contributed by atoms with Gasteiger partial charge in [-0.25, -0.2) is 9.36 Å². The number of pyridine rings is 1. The Morgan fingerprint density at radius 1 is 0.837 bits per heavy atom. The molecule has 0 saturated heterocycles. The minimum absolute atomic E-state index is 0.0922. The second-order valence-electron chi connectivity index (χ2n) is 11.6. The van der Waals surface area contributed by atoms with Gasteiger partial charge in [0.05, 0.1) is 22.8 Å². The van der Waals surface area contributed by atoms with Crippen LogP contribution in [0.2, 0.25) is 5.02 Å². The first kappa shape index (κ1) is 26.9. The average Bonchev–Trinajstić information content (AvgIpc) is 2.99. The van der Waals surface area contributed by atoms with Crippen LogP contribution >= 0.6 is 11.6 Å². The Morgan fingerprint density at radius 2 is 1.63 bits per heavy atom. The number of aromatic amines is 1. The number of nitrogens with zero attached hydrogens (tertiary/aromatic N) is 3. The van der Waals surface area contributed by atoms with Gasteiger partial charge < -0.3 is 9.88 Å². The number of halogens is 1. The fraction of sp³-hybridized carbons (Fsp3) is 0.143. The van der Waals surface area contributed by atoms with Gasteiger partial charge in [-0.3, -0.25) is 14.6 Å². The Labute approximate surface area is 252 Å². The van der Waals surface area contributed by atoms with Gasteiger partial charge in [0.25, 0.3) is 5.56 Å². The van der Waals surface area contributed by atoms with Crippen LogP contribution in [0.3, 0.4) is 0 Å². The summed E-state index contributed by atoms with van der Waals surface area (Å²) in [7, 11) is 1.81. The van der Waals surface area contributed by atoms with Crippen LogP contribution in [0.1, 0.15) is 25.8 Å². The molecule has 0 saturated carbocycles. The highest BCUT2D eigenvalue weighted by Crippen LogP contribution is 2.44. The molecule has 7 nitrogen and oxygen atoms in total. The molecule has 2 aromatic heterocycles. The van der Waals surface area contributed by atoms with E-state index in [1.165, 1.54) is 6.20 Å². The summed E-state index contributed by atoms with van der Waals surface area (Å²) in [5, 5.41) is 2.49. The molecule has 4 aromatic carbocycles. The second kappa shape index (κ2) is 9.78. The van der Waals surface area contributed by atoms with Crippen LogP contribution in [0.15, 0.2) is 101 Å². The molecule has 1 aliphatic rings. The Morgan fingerprint density at radius 3 is 2.47 bits per heavy atom. The normalized spacial score (nSPS) is 14.3. The molecule has 8 heteroatoms. The van der Waals surface area contributed by atoms with Crippen molar-refractivity contribution in [2.75, 3.05) is 11.9 Å². The van der Waals surface area contributed by atoms with Crippen molar-refractivity contribution in [2.24, 2.45) is 0 Å². The highest BCUT2D eigenvalue weighted by Gasteiger charge is 2.35. The van der Waals surface area contributed by atoms with Crippen LogP contribution in [0.25, 0.3) is 49.6 Å². The van der Waals surface area contributed by atoms with Crippen LogP contribution in [0, 0.1) is 0 Å². The minimum atomic E-state index is -0.553. The Bertz CT molecular complexity index is 2240. The average molecular weight is 587 g/mol. The number of fused-ring (bicyclic) bond motifs is 3. The zero-order valence-corrected chi connectivity index (χ0v) is 24.6. The number of amides is 1. The summed E-state index contributed by atoms with van der Waals surface area (Å²) in [6.45, 7) is 4.17. The van der Waals surface area contributed by atoms with Crippen molar-refractivity contribution in [1.29, 1.82) is 0 Å². The topological polar surface area (TPSA) is 88.1 Å². The molecular weight excluding hydrogens is 560 g/mol. The molecule has 1 aliphatic heterocycles. The number of hydrogen-bond donors (Lipinski definition) is 1. The van der Waals surface area contributed by atoms with E-state index in [2.05, 4.69) is 29.9 Å². The number of carbonyl (C=O) groups excluding carboxylic acids is 1. The zero-order chi connectivity index (χ0) is 30.0. The molecule has 212 valence electrons. The lowest BCUT2D eigenvalue weighted by atomic mass is 9.76. The van der Waals surface area contributed by atoms with E-state index in [4.69, 9.17) is 11.6 Å². The van der Waals surface area contributed by atoms with E-state index < -0.39 is 11.2 Å². The maximum Gasteiger partial charge on any atom is 0.333 e. The van der Waals surface area contributed by atoms with Crippen molar-refractivity contribution in [1.82, 2.24) is 14.5 Å². The summed E-state index contributed by atoms with van der Waals surface area (Å²) >= 11 is 6.83. The van der Waals surface area contributed by atoms with Gasteiger partial charge in [-0.05, 0) is 52.6 Å². The third-order valence-corrected chi connectivity index (χ3v) is 8.77. The third-order valence-electron chi connectivity index (χ3n) is 8.45. The Kier molecular flexibility index (Phi) is 6.11. The van der Waals surface area contributed by atoms with Crippen molar-refractivity contribution in [3.8, 4) is 27.9 Å². The fourth-order valence-corrected chi connectivity index (χ4v) is 6.48. The van der Waals surface area contributed by atoms with Crippen molar-refractivity contribution in [3.63, 3.8) is 0 Å². The number of benzene rings is 4. The standard InChI is InChI=1S/C35H27ClN4O3/c1-35(2)17-31(41)39(3)29-14-12-20(15-26(29)35)24-9-6-10-27(36)32(24)21-11-13-25-28(16-21)38-34(43)40(33(25)42)30-19-37-18-22-7-4-5-8-23(22)30/h4-16,18-19H,17H2,1-3H3,(H,38,43). The Hall–Kier alpha value is -5.01. The summed E-state index contributed by atoms with van der Waals surface area (Å²) < 4.78 is 1.13. The molecule has 1 N–H and O–H groups in total. The highest BCUT2D eigenvalue weighted by atomic mass is 35.5. The van der Waals surface area contributed by atoms with Crippen molar-refractivity contribution >= 4 is 44.9 Å². The minimum Gasteiger partial charge on any atom is -0.315 e. The fourth-order valence-electron chi connectivity index (χ4n) is 6.19. The second-order valence-corrected chi connectivity index (χ2v) is 12.0. The first-order valence-corrected chi connectivity index (χ1v) is 14.3. The van der Waals surface area contributed by atoms with Gasteiger partial charge in [0.1, 0.15) is 0 Å². The van der Waals surface area contributed by atoms with Gasteiger partial charge in [-0.2, -0.15) is 0 Å². The number of anilines is 1. The first-order valence-electron chi connectivity index (χ1n) is 14.0. The van der Waals surface area contributed by atoms with E-state index in [-0.39, 0.29) is 11.3 Å². The van der Waals surface area contributed by atoms with Crippen LogP contribution in [0.4, 0.5) is 5.69 Å². The molecule has 3 heterocycles. The summed E-state index contributed by atoms with van der Waals surface area (Å²) in [4.78, 5) is 48.5. The number of rotatable bonds is 3. The largest absolute Gasteiger partial charge is 0.333 e. The molecule has 1 amide bonds. The molecule has 7 rings (SSSR count). The summed E-state index contributed by atoms with van der Waals surface area (Å²) in [6.07, 6.45) is 3.66. The van der Waals surface area contributed by atoms with E-state index in [0.29, 0.717) is 28.0 Å². The van der Waals surface area contributed by atoms with Crippen molar-refractivity contribution in [2.45, 2.75) is 25.7 Å². The van der Waals surface area contributed by atoms with E-state index in [0.717, 1.165) is 48.8 Å². The highest BCUT2D eigenvalue weighted by molar-refractivity contribution is 6.34. The van der Waals surface area contributed by atoms with E-state index in [9.17, 15) is 14.4 Å². The van der Waals surface area contributed by atoms with Crippen LogP contribution in [0.5, 0.6) is 0 Å². The van der Waals surface area contributed by atoms with Gasteiger partial charge in [0, 0.05) is 52.1 Å². The van der Waals surface area contributed by atoms with Crippen molar-refractivity contribution in [3.05, 3.63) is 123 Å². The van der Waals surface area contributed by atoms with Gasteiger partial charge >= 0.3 is 5.69 Å². The molecule has 0 atom stereocenters. The number of nitrogens with one attached hydrogen (secondary N) is 1. The van der Waals surface area contributed by atoms with Gasteiger partial charge in [0.2, 0.25) is 5.91 Å². The third kappa shape index (κ3) is 4.27. The smallest absolute Gasteiger partial charge is 0.315 e. The monoisotopic (exact) mass is 586 g/mol. The van der Waals surface area contributed by atoms with E-state index in [1.807, 2.05) is 67.7 Å². The quantitative estimate of drug-likeness (QED) is 0.245. The molecule has 0 fully saturated rings. The molecule has 43 heavy (non-hydrogen) atoms. The summed E-state index contributed by atoms with van der Waals surface area (Å²) in [5.74, 6) is 0.0922. The molecule has 0 spiro atoms. The number of H-pyrrole nitrogens is 1. The summed E-state index contributed by atoms with van der Waals surface area (Å²) in [5.41, 5.74) is 4.92. The molecule has 0 unspecified atom stereocenters. The molecular formula is C35H27ClN4O3. The SMILES string of the molecule is CN1C(=O)CC(C)(C)c2cc(-c3cccc(Cl)c3-c3ccc4c(=O)n(-c5cncc6ccccc56)c(=O)[nH]c4c3)ccc21. The van der Waals surface area contributed by atoms with Crippen LogP contribution < -0.4 is 16.1 Å². The number of carbonyl (C=O) groups is 1. The predicted molar refractivity (Wildman–Crippen MR) is 172 cm³/mol. The van der Waals surface area contributed by atoms with Crippen molar-refractivity contribution < 1.29 is 4.79 Å². The number of hydrogen-bond acceptors (Lipinski definition) is 4. The first-order chi connectivity index (χ1) is 20.6. The lowest BCUT2D eigenvalue weighted by Gasteiger charge is -2.37. The summed E-state index contributed by atoms with van der Waals surface area (Å²) in [6, 6.07) is 24.7. The van der Waals surface area contributed by atoms with Crippen LogP contribution in [-0.2, 0) is 10.2 Å². The van der Waals surface area contributed by atoms with E-state index >= 15 is 0 Å². The van der Waals surface area contributed by atoms with Gasteiger partial charge in [-0.15, -0.1) is 0 Å². The Balaban J connectivity index is 1.39. The van der Waals surface area contributed by atoms with Gasteiger partial charge in [0.15, 0.2) is 0 Å². The lowest BCUT2D eigenvalue weighted by molar-refractivity contribution is -0.119. The number of aromatic nitrogens is 3. The maximum absolute atomic E-state index is 13.7. The lowest BCUT2D eigenvalue weighted by Crippen LogP contribution is -2.39. The molecule has 6 aromatic rings. The maximum atomic E-state index is 13.7. The van der Waals surface area contributed by atoms with Crippen LogP contribution in [-0.4, -0.2) is 27.5 Å². The predicted octanol–water partition coefficient (Wildman–Crippen LogP) is 6.86. The van der Waals surface area contributed by atoms with E-state index in [1.54, 1.807) is 23.2 Å². The molecule has 0 bridgehead atoms.